The zero-order valence-electron chi connectivity index (χ0n) is 18.9. The molecular formula is C25H26N6O3. The molecule has 0 spiro atoms. The van der Waals surface area contributed by atoms with E-state index in [4.69, 9.17) is 4.74 Å². The molecule has 1 atom stereocenters. The first-order chi connectivity index (χ1) is 16.5. The number of carbonyl (C=O) groups excluding carboxylic acids is 1. The third-order valence-electron chi connectivity index (χ3n) is 5.97. The summed E-state index contributed by atoms with van der Waals surface area (Å²) in [6, 6.07) is 14.5. The van der Waals surface area contributed by atoms with E-state index in [1.54, 1.807) is 23.5 Å². The van der Waals surface area contributed by atoms with Crippen LogP contribution in [0.15, 0.2) is 61.1 Å². The molecule has 0 saturated carbocycles. The molecule has 9 nitrogen and oxygen atoms in total. The van der Waals surface area contributed by atoms with E-state index >= 15 is 0 Å². The average molecular weight is 459 g/mol. The predicted octanol–water partition coefficient (Wildman–Crippen LogP) is 2.84. The lowest BCUT2D eigenvalue weighted by atomic mass is 10.1. The van der Waals surface area contributed by atoms with Gasteiger partial charge in [-0.1, -0.05) is 18.2 Å². The second-order valence-electron chi connectivity index (χ2n) is 8.45. The first kappa shape index (κ1) is 22.0. The van der Waals surface area contributed by atoms with Crippen LogP contribution in [-0.2, 0) is 11.3 Å². The van der Waals surface area contributed by atoms with E-state index in [0.717, 1.165) is 41.7 Å². The lowest BCUT2D eigenvalue weighted by molar-refractivity contribution is -0.141. The van der Waals surface area contributed by atoms with Gasteiger partial charge in [-0.3, -0.25) is 14.8 Å². The molecule has 1 amide bonds. The zero-order valence-corrected chi connectivity index (χ0v) is 18.9. The Morgan fingerprint density at radius 1 is 1.06 bits per heavy atom. The number of nitrogens with zero attached hydrogens (tertiary/aromatic N) is 5. The van der Waals surface area contributed by atoms with E-state index in [2.05, 4.69) is 43.3 Å². The van der Waals surface area contributed by atoms with Crippen LogP contribution in [-0.4, -0.2) is 73.3 Å². The number of benzene rings is 2. The molecule has 0 aliphatic carbocycles. The summed E-state index contributed by atoms with van der Waals surface area (Å²) in [6.45, 7) is 5.21. The zero-order chi connectivity index (χ0) is 23.5. The Labute approximate surface area is 197 Å². The van der Waals surface area contributed by atoms with Gasteiger partial charge in [-0.05, 0) is 47.5 Å². The van der Waals surface area contributed by atoms with Gasteiger partial charge in [-0.2, -0.15) is 5.10 Å². The third kappa shape index (κ3) is 4.90. The SMILES string of the molecule is C[C@H](O)C(=O)N1CCN(Cc2ccc3cc(Oc4ncc(-c5ccn[nH]5)cn4)ccc3c2)CC1. The molecule has 4 aromatic rings. The summed E-state index contributed by atoms with van der Waals surface area (Å²) in [4.78, 5) is 24.6. The van der Waals surface area contributed by atoms with Gasteiger partial charge in [-0.25, -0.2) is 9.97 Å². The van der Waals surface area contributed by atoms with Gasteiger partial charge in [0, 0.05) is 56.9 Å². The van der Waals surface area contributed by atoms with Crippen LogP contribution in [0.1, 0.15) is 12.5 Å². The summed E-state index contributed by atoms with van der Waals surface area (Å²) in [7, 11) is 0. The standard InChI is InChI=1S/C25H26N6O3/c1-17(32)24(33)31-10-8-30(9-11-31)16-18-2-3-20-13-22(5-4-19(20)12-18)34-25-26-14-21(15-27-25)23-6-7-28-29-23/h2-7,12-15,17,32H,8-11,16H2,1H3,(H,28,29)/t17-/m0/s1. The highest BCUT2D eigenvalue weighted by Gasteiger charge is 2.23. The Balaban J connectivity index is 1.21. The highest BCUT2D eigenvalue weighted by Crippen LogP contribution is 2.26. The number of amides is 1. The lowest BCUT2D eigenvalue weighted by Crippen LogP contribution is -2.50. The number of rotatable bonds is 6. The number of piperazine rings is 1. The molecule has 1 saturated heterocycles. The molecule has 174 valence electrons. The Hall–Kier alpha value is -3.82. The Morgan fingerprint density at radius 3 is 2.50 bits per heavy atom. The fourth-order valence-corrected chi connectivity index (χ4v) is 4.11. The van der Waals surface area contributed by atoms with Crippen LogP contribution < -0.4 is 4.74 Å². The number of aromatic nitrogens is 4. The predicted molar refractivity (Wildman–Crippen MR) is 127 cm³/mol. The van der Waals surface area contributed by atoms with Crippen molar-refractivity contribution in [3.05, 3.63) is 66.6 Å². The minimum Gasteiger partial charge on any atom is -0.424 e. The second kappa shape index (κ2) is 9.58. The Bertz CT molecular complexity index is 1270. The van der Waals surface area contributed by atoms with Crippen molar-refractivity contribution in [2.24, 2.45) is 0 Å². The number of ether oxygens (including phenoxy) is 1. The molecule has 1 fully saturated rings. The van der Waals surface area contributed by atoms with Crippen molar-refractivity contribution in [2.45, 2.75) is 19.6 Å². The summed E-state index contributed by atoms with van der Waals surface area (Å²) in [5.41, 5.74) is 2.91. The van der Waals surface area contributed by atoms with Gasteiger partial charge >= 0.3 is 6.01 Å². The van der Waals surface area contributed by atoms with Crippen LogP contribution in [0.3, 0.4) is 0 Å². The number of hydrogen-bond acceptors (Lipinski definition) is 7. The second-order valence-corrected chi connectivity index (χ2v) is 8.45. The van der Waals surface area contributed by atoms with E-state index < -0.39 is 6.10 Å². The van der Waals surface area contributed by atoms with Crippen molar-refractivity contribution < 1.29 is 14.6 Å². The van der Waals surface area contributed by atoms with Crippen LogP contribution >= 0.6 is 0 Å². The van der Waals surface area contributed by atoms with Gasteiger partial charge in [0.2, 0.25) is 0 Å². The summed E-state index contributed by atoms with van der Waals surface area (Å²) in [5, 5.41) is 18.5. The third-order valence-corrected chi connectivity index (χ3v) is 5.97. The molecule has 1 aliphatic rings. The summed E-state index contributed by atoms with van der Waals surface area (Å²) >= 11 is 0. The largest absolute Gasteiger partial charge is 0.424 e. The molecule has 0 radical (unpaired) electrons. The molecule has 5 rings (SSSR count). The Morgan fingerprint density at radius 2 is 1.79 bits per heavy atom. The molecule has 9 heteroatoms. The molecule has 0 unspecified atom stereocenters. The number of aromatic amines is 1. The first-order valence-electron chi connectivity index (χ1n) is 11.3. The van der Waals surface area contributed by atoms with Gasteiger partial charge in [0.05, 0.1) is 5.69 Å². The molecule has 3 heterocycles. The minimum absolute atomic E-state index is 0.192. The van der Waals surface area contributed by atoms with Gasteiger partial charge in [0.1, 0.15) is 11.9 Å². The molecular weight excluding hydrogens is 432 g/mol. The molecule has 0 bridgehead atoms. The van der Waals surface area contributed by atoms with E-state index in [1.807, 2.05) is 24.3 Å². The topological polar surface area (TPSA) is 107 Å². The van der Waals surface area contributed by atoms with Crippen molar-refractivity contribution in [1.82, 2.24) is 30.0 Å². The maximum absolute atomic E-state index is 12.0. The number of carbonyl (C=O) groups is 1. The normalized spacial score (nSPS) is 15.4. The van der Waals surface area contributed by atoms with Gasteiger partial charge < -0.3 is 14.7 Å². The number of aliphatic hydroxyl groups is 1. The number of hydrogen-bond donors (Lipinski definition) is 2. The highest BCUT2D eigenvalue weighted by molar-refractivity contribution is 5.84. The summed E-state index contributed by atoms with van der Waals surface area (Å²) in [5.74, 6) is 0.482. The average Bonchev–Trinajstić information content (AvgIpc) is 3.40. The molecule has 2 aromatic carbocycles. The molecule has 1 aliphatic heterocycles. The smallest absolute Gasteiger partial charge is 0.321 e. The van der Waals surface area contributed by atoms with Crippen molar-refractivity contribution >= 4 is 16.7 Å². The van der Waals surface area contributed by atoms with Crippen molar-refractivity contribution in [3.8, 4) is 23.0 Å². The van der Waals surface area contributed by atoms with Crippen LogP contribution in [0.4, 0.5) is 0 Å². The van der Waals surface area contributed by atoms with Gasteiger partial charge in [0.15, 0.2) is 0 Å². The van der Waals surface area contributed by atoms with E-state index in [0.29, 0.717) is 18.8 Å². The van der Waals surface area contributed by atoms with Crippen LogP contribution in [0, 0.1) is 0 Å². The molecule has 2 N–H and O–H groups in total. The van der Waals surface area contributed by atoms with Crippen molar-refractivity contribution in [2.75, 3.05) is 26.2 Å². The van der Waals surface area contributed by atoms with E-state index in [9.17, 15) is 9.90 Å². The van der Waals surface area contributed by atoms with E-state index in [1.165, 1.54) is 12.5 Å². The summed E-state index contributed by atoms with van der Waals surface area (Å²) in [6.07, 6.45) is 4.14. The Kier molecular flexibility index (Phi) is 6.20. The number of H-pyrrole nitrogens is 1. The maximum Gasteiger partial charge on any atom is 0.321 e. The summed E-state index contributed by atoms with van der Waals surface area (Å²) < 4.78 is 5.85. The fraction of sp³-hybridized carbons (Fsp3) is 0.280. The number of fused-ring (bicyclic) bond motifs is 1. The number of nitrogens with one attached hydrogen (secondary N) is 1. The molecule has 34 heavy (non-hydrogen) atoms. The van der Waals surface area contributed by atoms with Gasteiger partial charge in [-0.15, -0.1) is 0 Å². The molecule has 2 aromatic heterocycles. The highest BCUT2D eigenvalue weighted by atomic mass is 16.5. The monoisotopic (exact) mass is 458 g/mol. The van der Waals surface area contributed by atoms with Crippen molar-refractivity contribution in [1.29, 1.82) is 0 Å². The minimum atomic E-state index is -0.936. The van der Waals surface area contributed by atoms with E-state index in [-0.39, 0.29) is 11.9 Å². The first-order valence-corrected chi connectivity index (χ1v) is 11.3. The fourth-order valence-electron chi connectivity index (χ4n) is 4.11. The quantitative estimate of drug-likeness (QED) is 0.457. The number of aliphatic hydroxyl groups excluding tert-OH is 1. The van der Waals surface area contributed by atoms with Crippen molar-refractivity contribution in [3.63, 3.8) is 0 Å². The lowest BCUT2D eigenvalue weighted by Gasteiger charge is -2.35. The van der Waals surface area contributed by atoms with Gasteiger partial charge in [0.25, 0.3) is 5.91 Å². The van der Waals surface area contributed by atoms with Crippen LogP contribution in [0.5, 0.6) is 11.8 Å². The van der Waals surface area contributed by atoms with Crippen LogP contribution in [0.2, 0.25) is 0 Å². The van der Waals surface area contributed by atoms with Crippen LogP contribution in [0.25, 0.3) is 22.0 Å². The maximum atomic E-state index is 12.0.